The zero-order valence-corrected chi connectivity index (χ0v) is 11.0. The van der Waals surface area contributed by atoms with Crippen molar-refractivity contribution in [3.63, 3.8) is 0 Å². The fraction of sp³-hybridized carbons (Fsp3) is 0.750. The van der Waals surface area contributed by atoms with Crippen LogP contribution in [-0.4, -0.2) is 49.1 Å². The Morgan fingerprint density at radius 1 is 1.56 bits per heavy atom. The third-order valence-corrected chi connectivity index (χ3v) is 2.86. The number of amides is 2. The number of likely N-dealkylation sites (N-methyl/N-ethyl adjacent to an activating group) is 1. The topological polar surface area (TPSA) is 82.4 Å². The molecule has 1 rings (SSSR count). The molecule has 0 aromatic carbocycles. The van der Waals surface area contributed by atoms with Crippen LogP contribution in [0.25, 0.3) is 0 Å². The lowest BCUT2D eigenvalue weighted by atomic mass is 9.92. The van der Waals surface area contributed by atoms with Gasteiger partial charge in [0.1, 0.15) is 11.5 Å². The summed E-state index contributed by atoms with van der Waals surface area (Å²) < 4.78 is 5.24. The maximum absolute atomic E-state index is 12.2. The summed E-state index contributed by atoms with van der Waals surface area (Å²) in [5, 5.41) is 11.7. The van der Waals surface area contributed by atoms with Crippen LogP contribution in [0.4, 0.5) is 0 Å². The van der Waals surface area contributed by atoms with E-state index in [0.717, 1.165) is 0 Å². The highest BCUT2D eigenvalue weighted by atomic mass is 16.5. The van der Waals surface area contributed by atoms with Crippen LogP contribution in [0.3, 0.4) is 0 Å². The molecule has 0 aromatic heterocycles. The standard InChI is InChI=1S/C12H19N3O3/c1-4-14-10(16)9-7-18-6-5-15(9)11(17)12(2,3)8-13/h9H,4-7H2,1-3H3,(H,14,16). The van der Waals surface area contributed by atoms with E-state index in [4.69, 9.17) is 10.00 Å². The fourth-order valence-electron chi connectivity index (χ4n) is 1.76. The van der Waals surface area contributed by atoms with E-state index in [-0.39, 0.29) is 18.4 Å². The van der Waals surface area contributed by atoms with E-state index in [1.807, 2.05) is 13.0 Å². The van der Waals surface area contributed by atoms with Crippen LogP contribution < -0.4 is 5.32 Å². The van der Waals surface area contributed by atoms with E-state index in [1.54, 1.807) is 13.8 Å². The quantitative estimate of drug-likeness (QED) is 0.761. The molecule has 2 amide bonds. The van der Waals surface area contributed by atoms with Crippen molar-refractivity contribution in [2.75, 3.05) is 26.3 Å². The highest BCUT2D eigenvalue weighted by Gasteiger charge is 2.39. The zero-order valence-electron chi connectivity index (χ0n) is 11.0. The predicted molar refractivity (Wildman–Crippen MR) is 64.4 cm³/mol. The molecule has 6 nitrogen and oxygen atoms in total. The molecule has 18 heavy (non-hydrogen) atoms. The minimum atomic E-state index is -1.12. The number of morpholine rings is 1. The lowest BCUT2D eigenvalue weighted by Crippen LogP contribution is -2.58. The Balaban J connectivity index is 2.87. The maximum atomic E-state index is 12.2. The summed E-state index contributed by atoms with van der Waals surface area (Å²) in [7, 11) is 0. The van der Waals surface area contributed by atoms with Crippen molar-refractivity contribution in [2.24, 2.45) is 5.41 Å². The first-order chi connectivity index (χ1) is 8.44. The van der Waals surface area contributed by atoms with E-state index in [1.165, 1.54) is 4.90 Å². The number of ether oxygens (including phenoxy) is 1. The Kier molecular flexibility index (Phi) is 4.68. The number of hydrogen-bond donors (Lipinski definition) is 1. The molecule has 0 bridgehead atoms. The summed E-state index contributed by atoms with van der Waals surface area (Å²) in [5.74, 6) is -0.566. The van der Waals surface area contributed by atoms with E-state index >= 15 is 0 Å². The highest BCUT2D eigenvalue weighted by Crippen LogP contribution is 2.21. The molecule has 1 atom stereocenters. The third kappa shape index (κ3) is 2.99. The Labute approximate surface area is 107 Å². The van der Waals surface area contributed by atoms with Gasteiger partial charge in [0.15, 0.2) is 0 Å². The van der Waals surface area contributed by atoms with Crippen LogP contribution in [0, 0.1) is 16.7 Å². The van der Waals surface area contributed by atoms with Crippen molar-refractivity contribution >= 4 is 11.8 Å². The normalized spacial score (nSPS) is 20.1. The Bertz CT molecular complexity index is 373. The van der Waals surface area contributed by atoms with Gasteiger partial charge < -0.3 is 15.0 Å². The van der Waals surface area contributed by atoms with Crippen LogP contribution in [0.15, 0.2) is 0 Å². The van der Waals surface area contributed by atoms with Gasteiger partial charge >= 0.3 is 0 Å². The van der Waals surface area contributed by atoms with Crippen molar-refractivity contribution in [1.29, 1.82) is 5.26 Å². The van der Waals surface area contributed by atoms with Gasteiger partial charge in [-0.1, -0.05) is 0 Å². The molecule has 1 fully saturated rings. The molecule has 1 saturated heterocycles. The predicted octanol–water partition coefficient (Wildman–Crippen LogP) is -0.100. The summed E-state index contributed by atoms with van der Waals surface area (Å²) in [5.41, 5.74) is -1.12. The number of nitrogens with zero attached hydrogens (tertiary/aromatic N) is 2. The van der Waals surface area contributed by atoms with Gasteiger partial charge in [-0.2, -0.15) is 5.26 Å². The van der Waals surface area contributed by atoms with E-state index in [9.17, 15) is 9.59 Å². The number of nitriles is 1. The first-order valence-corrected chi connectivity index (χ1v) is 6.01. The van der Waals surface area contributed by atoms with Gasteiger partial charge in [0.05, 0.1) is 19.3 Å². The number of carbonyl (C=O) groups is 2. The molecule has 6 heteroatoms. The molecule has 1 aliphatic heterocycles. The zero-order chi connectivity index (χ0) is 13.8. The first-order valence-electron chi connectivity index (χ1n) is 6.01. The molecule has 1 aliphatic rings. The summed E-state index contributed by atoms with van der Waals surface area (Å²) in [6.45, 7) is 6.33. The second-order valence-electron chi connectivity index (χ2n) is 4.72. The Morgan fingerprint density at radius 2 is 2.22 bits per heavy atom. The van der Waals surface area contributed by atoms with Gasteiger partial charge in [-0.15, -0.1) is 0 Å². The smallest absolute Gasteiger partial charge is 0.245 e. The van der Waals surface area contributed by atoms with Crippen LogP contribution in [0.2, 0.25) is 0 Å². The monoisotopic (exact) mass is 253 g/mol. The molecule has 0 aromatic rings. The first kappa shape index (κ1) is 14.5. The van der Waals surface area contributed by atoms with E-state index < -0.39 is 11.5 Å². The average molecular weight is 253 g/mol. The number of hydrogen-bond acceptors (Lipinski definition) is 4. The molecular formula is C12H19N3O3. The Hall–Kier alpha value is -1.61. The fourth-order valence-corrected chi connectivity index (χ4v) is 1.76. The van der Waals surface area contributed by atoms with Gasteiger partial charge in [0, 0.05) is 13.1 Å². The van der Waals surface area contributed by atoms with Gasteiger partial charge in [-0.3, -0.25) is 9.59 Å². The minimum absolute atomic E-state index is 0.180. The van der Waals surface area contributed by atoms with E-state index in [0.29, 0.717) is 19.7 Å². The van der Waals surface area contributed by atoms with Crippen LogP contribution in [0.5, 0.6) is 0 Å². The summed E-state index contributed by atoms with van der Waals surface area (Å²) in [4.78, 5) is 25.5. The van der Waals surface area contributed by atoms with Gasteiger partial charge in [0.25, 0.3) is 0 Å². The van der Waals surface area contributed by atoms with Crippen molar-refractivity contribution in [3.8, 4) is 6.07 Å². The molecule has 0 spiro atoms. The number of carbonyl (C=O) groups excluding carboxylic acids is 2. The summed E-state index contributed by atoms with van der Waals surface area (Å²) >= 11 is 0. The van der Waals surface area contributed by atoms with Crippen molar-refractivity contribution in [2.45, 2.75) is 26.8 Å². The third-order valence-electron chi connectivity index (χ3n) is 2.86. The van der Waals surface area contributed by atoms with Crippen LogP contribution in [-0.2, 0) is 14.3 Å². The van der Waals surface area contributed by atoms with Crippen molar-refractivity contribution in [3.05, 3.63) is 0 Å². The van der Waals surface area contributed by atoms with Crippen LogP contribution >= 0.6 is 0 Å². The molecule has 0 radical (unpaired) electrons. The molecule has 1 heterocycles. The molecular weight excluding hydrogens is 234 g/mol. The second-order valence-corrected chi connectivity index (χ2v) is 4.72. The van der Waals surface area contributed by atoms with E-state index in [2.05, 4.69) is 5.32 Å². The molecule has 0 saturated carbocycles. The SMILES string of the molecule is CCNC(=O)C1COCCN1C(=O)C(C)(C)C#N. The van der Waals surface area contributed by atoms with Gasteiger partial charge in [-0.25, -0.2) is 0 Å². The molecule has 1 N–H and O–H groups in total. The summed E-state index contributed by atoms with van der Waals surface area (Å²) in [6, 6.07) is 1.33. The van der Waals surface area contributed by atoms with Crippen molar-refractivity contribution in [1.82, 2.24) is 10.2 Å². The molecule has 0 aliphatic carbocycles. The molecule has 1 unspecified atom stereocenters. The second kappa shape index (κ2) is 5.83. The number of rotatable bonds is 3. The maximum Gasteiger partial charge on any atom is 0.245 e. The van der Waals surface area contributed by atoms with Gasteiger partial charge in [-0.05, 0) is 20.8 Å². The Morgan fingerprint density at radius 3 is 2.78 bits per heavy atom. The lowest BCUT2D eigenvalue weighted by Gasteiger charge is -2.37. The van der Waals surface area contributed by atoms with Gasteiger partial charge in [0.2, 0.25) is 11.8 Å². The summed E-state index contributed by atoms with van der Waals surface area (Å²) in [6.07, 6.45) is 0. The lowest BCUT2D eigenvalue weighted by molar-refractivity contribution is -0.153. The van der Waals surface area contributed by atoms with Crippen molar-refractivity contribution < 1.29 is 14.3 Å². The average Bonchev–Trinajstić information content (AvgIpc) is 2.38. The number of nitrogens with one attached hydrogen (secondary N) is 1. The minimum Gasteiger partial charge on any atom is -0.377 e. The highest BCUT2D eigenvalue weighted by molar-refractivity contribution is 5.91. The molecule has 100 valence electrons. The van der Waals surface area contributed by atoms with Crippen LogP contribution in [0.1, 0.15) is 20.8 Å². The largest absolute Gasteiger partial charge is 0.377 e.